The van der Waals surface area contributed by atoms with E-state index < -0.39 is 0 Å². The molecule has 0 aliphatic carbocycles. The maximum atomic E-state index is 12.9. The number of hydrogen-bond acceptors (Lipinski definition) is 4. The molecule has 28 heavy (non-hydrogen) atoms. The summed E-state index contributed by atoms with van der Waals surface area (Å²) in [6, 6.07) is 11.9. The molecule has 1 saturated heterocycles. The van der Waals surface area contributed by atoms with Crippen molar-refractivity contribution in [3.05, 3.63) is 71.7 Å². The number of hydrogen-bond donors (Lipinski definition) is 1. The monoisotopic (exact) mass is 372 g/mol. The minimum Gasteiger partial charge on any atom is -0.342 e. The summed E-state index contributed by atoms with van der Waals surface area (Å²) in [5, 5.41) is 8.73. The molecule has 1 N–H and O–H groups in total. The molecule has 1 amide bonds. The molecule has 1 fully saturated rings. The molecule has 5 nitrogen and oxygen atoms in total. The van der Waals surface area contributed by atoms with Crippen molar-refractivity contribution in [2.24, 2.45) is 5.92 Å². The summed E-state index contributed by atoms with van der Waals surface area (Å²) >= 11 is 0. The Morgan fingerprint density at radius 3 is 2.86 bits per heavy atom. The smallest absolute Gasteiger partial charge is 0.227 e. The zero-order chi connectivity index (χ0) is 19.5. The van der Waals surface area contributed by atoms with E-state index in [9.17, 15) is 4.79 Å². The Morgan fingerprint density at radius 1 is 1.21 bits per heavy atom. The van der Waals surface area contributed by atoms with Crippen LogP contribution in [0.4, 0.5) is 0 Å². The van der Waals surface area contributed by atoms with Crippen LogP contribution in [0.25, 0.3) is 10.9 Å². The van der Waals surface area contributed by atoms with Gasteiger partial charge < -0.3 is 10.3 Å². The molecule has 0 saturated carbocycles. The van der Waals surface area contributed by atoms with Crippen LogP contribution in [0.5, 0.6) is 0 Å². The number of carbonyl (C=O) groups excluding carboxylic acids is 1. The third-order valence-corrected chi connectivity index (χ3v) is 5.52. The van der Waals surface area contributed by atoms with Gasteiger partial charge in [0.05, 0.1) is 11.9 Å². The number of aromatic nitrogens is 2. The molecule has 1 aliphatic heterocycles. The number of nitrogens with zero attached hydrogens (tertiary/aromatic N) is 3. The Morgan fingerprint density at radius 2 is 2.07 bits per heavy atom. The normalized spacial score (nSPS) is 19.5. The molecule has 3 aromatic rings. The van der Waals surface area contributed by atoms with Gasteiger partial charge in [0, 0.05) is 54.8 Å². The third kappa shape index (κ3) is 3.65. The Hall–Kier alpha value is -3.08. The van der Waals surface area contributed by atoms with Crippen molar-refractivity contribution in [1.82, 2.24) is 14.9 Å². The van der Waals surface area contributed by atoms with Gasteiger partial charge in [-0.15, -0.1) is 0 Å². The number of fused-ring (bicyclic) bond motifs is 1. The molecule has 0 radical (unpaired) electrons. The minimum atomic E-state index is 0.156. The molecule has 1 unspecified atom stereocenters. The van der Waals surface area contributed by atoms with E-state index in [1.165, 1.54) is 11.8 Å². The van der Waals surface area contributed by atoms with Gasteiger partial charge in [-0.2, -0.15) is 0 Å². The SMILES string of the molecule is C[C@@H]1CC(c2ccc(C=N)c3ncccc23)CN(C(=O)Cc2cccnc2)C1. The molecular weight excluding hydrogens is 348 g/mol. The number of likely N-dealkylation sites (tertiary alicyclic amines) is 1. The molecule has 0 bridgehead atoms. The van der Waals surface area contributed by atoms with E-state index in [2.05, 4.69) is 29.0 Å². The second kappa shape index (κ2) is 7.89. The third-order valence-electron chi connectivity index (χ3n) is 5.52. The van der Waals surface area contributed by atoms with Gasteiger partial charge in [-0.3, -0.25) is 14.8 Å². The molecule has 3 heterocycles. The van der Waals surface area contributed by atoms with Gasteiger partial charge in [0.2, 0.25) is 5.91 Å². The molecule has 1 aromatic carbocycles. The number of benzene rings is 1. The fourth-order valence-corrected chi connectivity index (χ4v) is 4.26. The van der Waals surface area contributed by atoms with Crippen LogP contribution in [0.1, 0.15) is 36.0 Å². The topological polar surface area (TPSA) is 69.9 Å². The number of pyridine rings is 2. The van der Waals surface area contributed by atoms with E-state index in [0.717, 1.165) is 41.5 Å². The molecule has 1 aliphatic rings. The lowest BCUT2D eigenvalue weighted by Crippen LogP contribution is -2.43. The Kier molecular flexibility index (Phi) is 5.15. The molecule has 0 spiro atoms. The standard InChI is InChI=1S/C23H24N4O/c1-16-10-19(15-27(14-16)22(28)11-17-4-2-8-25-13-17)20-7-6-18(12-24)23-21(20)5-3-9-26-23/h2-9,12-13,16,19,24H,10-11,14-15H2,1H3/t16-,19?/m1/s1. The van der Waals surface area contributed by atoms with Crippen LogP contribution < -0.4 is 0 Å². The van der Waals surface area contributed by atoms with Crippen molar-refractivity contribution < 1.29 is 4.79 Å². The van der Waals surface area contributed by atoms with Crippen LogP contribution in [0, 0.1) is 11.3 Å². The lowest BCUT2D eigenvalue weighted by molar-refractivity contribution is -0.132. The molecule has 5 heteroatoms. The lowest BCUT2D eigenvalue weighted by Gasteiger charge is -2.37. The van der Waals surface area contributed by atoms with Gasteiger partial charge in [0.25, 0.3) is 0 Å². The lowest BCUT2D eigenvalue weighted by atomic mass is 9.83. The fraction of sp³-hybridized carbons (Fsp3) is 0.304. The van der Waals surface area contributed by atoms with E-state index in [-0.39, 0.29) is 11.8 Å². The van der Waals surface area contributed by atoms with Crippen LogP contribution in [-0.2, 0) is 11.2 Å². The van der Waals surface area contributed by atoms with E-state index in [4.69, 9.17) is 5.41 Å². The van der Waals surface area contributed by atoms with Gasteiger partial charge in [0.1, 0.15) is 0 Å². The highest BCUT2D eigenvalue weighted by Crippen LogP contribution is 2.34. The van der Waals surface area contributed by atoms with Crippen molar-refractivity contribution in [3.8, 4) is 0 Å². The van der Waals surface area contributed by atoms with Gasteiger partial charge in [-0.1, -0.05) is 31.2 Å². The summed E-state index contributed by atoms with van der Waals surface area (Å²) in [7, 11) is 0. The van der Waals surface area contributed by atoms with Gasteiger partial charge in [0.15, 0.2) is 0 Å². The Bertz CT molecular complexity index is 1000. The predicted octanol–water partition coefficient (Wildman–Crippen LogP) is 3.82. The maximum absolute atomic E-state index is 12.9. The van der Waals surface area contributed by atoms with E-state index in [1.807, 2.05) is 29.2 Å². The zero-order valence-corrected chi connectivity index (χ0v) is 16.0. The van der Waals surface area contributed by atoms with E-state index in [1.54, 1.807) is 18.6 Å². The first kappa shape index (κ1) is 18.3. The van der Waals surface area contributed by atoms with Crippen molar-refractivity contribution in [3.63, 3.8) is 0 Å². The van der Waals surface area contributed by atoms with E-state index in [0.29, 0.717) is 12.3 Å². The van der Waals surface area contributed by atoms with Crippen molar-refractivity contribution >= 4 is 23.0 Å². The molecule has 142 valence electrons. The van der Waals surface area contributed by atoms with Crippen molar-refractivity contribution in [2.45, 2.75) is 25.7 Å². The van der Waals surface area contributed by atoms with Crippen molar-refractivity contribution in [1.29, 1.82) is 5.41 Å². The number of piperidine rings is 1. The highest BCUT2D eigenvalue weighted by atomic mass is 16.2. The number of nitrogens with one attached hydrogen (secondary N) is 1. The maximum Gasteiger partial charge on any atom is 0.227 e. The zero-order valence-electron chi connectivity index (χ0n) is 16.0. The number of amides is 1. The molecule has 2 aromatic heterocycles. The summed E-state index contributed by atoms with van der Waals surface area (Å²) in [5.41, 5.74) is 3.86. The predicted molar refractivity (Wildman–Crippen MR) is 111 cm³/mol. The largest absolute Gasteiger partial charge is 0.342 e. The van der Waals surface area contributed by atoms with Crippen LogP contribution in [-0.4, -0.2) is 40.1 Å². The van der Waals surface area contributed by atoms with E-state index >= 15 is 0 Å². The first-order valence-electron chi connectivity index (χ1n) is 9.70. The average molecular weight is 372 g/mol. The van der Waals surface area contributed by atoms with Crippen LogP contribution >= 0.6 is 0 Å². The van der Waals surface area contributed by atoms with Gasteiger partial charge in [-0.25, -0.2) is 0 Å². The molecule has 2 atom stereocenters. The van der Waals surface area contributed by atoms with Crippen LogP contribution in [0.2, 0.25) is 0 Å². The fourth-order valence-electron chi connectivity index (χ4n) is 4.26. The molecular formula is C23H24N4O. The van der Waals surface area contributed by atoms with Crippen LogP contribution in [0.15, 0.2) is 55.0 Å². The second-order valence-electron chi connectivity index (χ2n) is 7.66. The van der Waals surface area contributed by atoms with Crippen LogP contribution in [0.3, 0.4) is 0 Å². The van der Waals surface area contributed by atoms with Crippen molar-refractivity contribution in [2.75, 3.05) is 13.1 Å². The Balaban J connectivity index is 1.61. The van der Waals surface area contributed by atoms with Gasteiger partial charge in [-0.05, 0) is 35.6 Å². The summed E-state index contributed by atoms with van der Waals surface area (Å²) in [6.45, 7) is 3.73. The quantitative estimate of drug-likeness (QED) is 0.708. The highest BCUT2D eigenvalue weighted by Gasteiger charge is 2.29. The molecule has 4 rings (SSSR count). The summed E-state index contributed by atoms with van der Waals surface area (Å²) in [5.74, 6) is 0.863. The number of rotatable bonds is 4. The van der Waals surface area contributed by atoms with Gasteiger partial charge >= 0.3 is 0 Å². The summed E-state index contributed by atoms with van der Waals surface area (Å²) in [4.78, 5) is 23.5. The minimum absolute atomic E-state index is 0.156. The second-order valence-corrected chi connectivity index (χ2v) is 7.66. The summed E-state index contributed by atoms with van der Waals surface area (Å²) in [6.07, 6.45) is 8.05. The highest BCUT2D eigenvalue weighted by molar-refractivity contribution is 5.98. The first-order valence-corrected chi connectivity index (χ1v) is 9.70. The Labute approximate surface area is 164 Å². The average Bonchev–Trinajstić information content (AvgIpc) is 2.73. The first-order chi connectivity index (χ1) is 13.7. The summed E-state index contributed by atoms with van der Waals surface area (Å²) < 4.78 is 0. The number of carbonyl (C=O) groups is 1.